The van der Waals surface area contributed by atoms with Gasteiger partial charge in [-0.3, -0.25) is 9.59 Å². The fraction of sp³-hybridized carbons (Fsp3) is 0.286. The average Bonchev–Trinajstić information content (AvgIpc) is 2.70. The number of benzene rings is 3. The third-order valence-corrected chi connectivity index (χ3v) is 6.07. The van der Waals surface area contributed by atoms with Gasteiger partial charge >= 0.3 is 0 Å². The highest BCUT2D eigenvalue weighted by molar-refractivity contribution is 6.40. The van der Waals surface area contributed by atoms with Crippen molar-refractivity contribution in [2.75, 3.05) is 0 Å². The predicted molar refractivity (Wildman–Crippen MR) is 128 cm³/mol. The Labute approximate surface area is 188 Å². The molecular weight excluding hydrogens is 400 g/mol. The first kappa shape index (κ1) is 21.8. The molecule has 0 amide bonds. The lowest BCUT2D eigenvalue weighted by Gasteiger charge is -2.29. The van der Waals surface area contributed by atoms with Crippen LogP contribution in [0.4, 0.5) is 0 Å². The lowest BCUT2D eigenvalue weighted by atomic mass is 9.76. The summed E-state index contributed by atoms with van der Waals surface area (Å²) in [6, 6.07) is 14.3. The van der Waals surface area contributed by atoms with Gasteiger partial charge in [0.05, 0.1) is 5.57 Å². The van der Waals surface area contributed by atoms with Gasteiger partial charge in [0.25, 0.3) is 0 Å². The normalized spacial score (nSPS) is 14.8. The van der Waals surface area contributed by atoms with Crippen molar-refractivity contribution in [3.63, 3.8) is 0 Å². The Morgan fingerprint density at radius 3 is 1.53 bits per heavy atom. The lowest BCUT2D eigenvalue weighted by Crippen LogP contribution is -2.23. The summed E-state index contributed by atoms with van der Waals surface area (Å²) < 4.78 is 0. The maximum Gasteiger partial charge on any atom is 0.228 e. The van der Waals surface area contributed by atoms with E-state index in [0.717, 1.165) is 10.8 Å². The van der Waals surface area contributed by atoms with Crippen LogP contribution in [-0.4, -0.2) is 21.8 Å². The molecule has 1 aliphatic carbocycles. The van der Waals surface area contributed by atoms with Gasteiger partial charge in [0.1, 0.15) is 5.75 Å². The van der Waals surface area contributed by atoms with Crippen LogP contribution in [0.25, 0.3) is 16.3 Å². The average molecular weight is 429 g/mol. The Hall–Kier alpha value is -3.40. The first-order valence-electron chi connectivity index (χ1n) is 10.7. The van der Waals surface area contributed by atoms with E-state index in [1.54, 1.807) is 24.3 Å². The number of phenols is 1. The molecule has 0 heterocycles. The molecule has 164 valence electrons. The summed E-state index contributed by atoms with van der Waals surface area (Å²) in [7, 11) is 0. The molecule has 1 aliphatic rings. The van der Waals surface area contributed by atoms with E-state index in [4.69, 9.17) is 0 Å². The number of hydrogen-bond acceptors (Lipinski definition) is 4. The Balaban J connectivity index is 2.00. The van der Waals surface area contributed by atoms with Gasteiger partial charge in [-0.05, 0) is 51.4 Å². The fourth-order valence-electron chi connectivity index (χ4n) is 4.29. The molecule has 4 nitrogen and oxygen atoms in total. The van der Waals surface area contributed by atoms with Gasteiger partial charge in [0.15, 0.2) is 11.5 Å². The molecule has 0 fully saturated rings. The lowest BCUT2D eigenvalue weighted by molar-refractivity contribution is 0.0947. The highest BCUT2D eigenvalue weighted by Crippen LogP contribution is 2.43. The number of rotatable bonds is 1. The summed E-state index contributed by atoms with van der Waals surface area (Å²) in [5, 5.41) is 23.6. The monoisotopic (exact) mass is 428 g/mol. The number of aliphatic hydroxyl groups is 1. The molecule has 0 radical (unpaired) electrons. The van der Waals surface area contributed by atoms with E-state index >= 15 is 0 Å². The largest absolute Gasteiger partial charge is 0.507 e. The van der Waals surface area contributed by atoms with Gasteiger partial charge in [-0.15, -0.1) is 0 Å². The number of hydrogen-bond donors (Lipinski definition) is 2. The maximum atomic E-state index is 13.6. The Morgan fingerprint density at radius 1 is 0.656 bits per heavy atom. The summed E-state index contributed by atoms with van der Waals surface area (Å²) in [4.78, 5) is 26.7. The van der Waals surface area contributed by atoms with Crippen molar-refractivity contribution in [2.24, 2.45) is 0 Å². The number of aromatic hydroxyl groups is 1. The van der Waals surface area contributed by atoms with Crippen molar-refractivity contribution in [1.82, 2.24) is 0 Å². The van der Waals surface area contributed by atoms with Crippen LogP contribution in [0.5, 0.6) is 5.75 Å². The van der Waals surface area contributed by atoms with E-state index in [2.05, 4.69) is 0 Å². The molecule has 0 unspecified atom stereocenters. The minimum absolute atomic E-state index is 0.0196. The molecule has 0 saturated heterocycles. The number of carbonyl (C=O) groups is 2. The van der Waals surface area contributed by atoms with E-state index in [1.165, 1.54) is 0 Å². The second-order valence-electron chi connectivity index (χ2n) is 10.5. The molecule has 0 spiro atoms. The van der Waals surface area contributed by atoms with Crippen LogP contribution in [0.1, 0.15) is 78.9 Å². The number of allylic oxidation sites excluding steroid dienone is 2. The molecule has 3 aromatic carbocycles. The van der Waals surface area contributed by atoms with Crippen molar-refractivity contribution < 1.29 is 19.8 Å². The topological polar surface area (TPSA) is 74.6 Å². The Morgan fingerprint density at radius 2 is 1.09 bits per heavy atom. The highest BCUT2D eigenvalue weighted by Gasteiger charge is 2.35. The summed E-state index contributed by atoms with van der Waals surface area (Å²) in [6.07, 6.45) is 0. The zero-order chi connectivity index (χ0) is 23.6. The van der Waals surface area contributed by atoms with Gasteiger partial charge < -0.3 is 10.2 Å². The molecule has 4 heteroatoms. The van der Waals surface area contributed by atoms with Crippen LogP contribution in [0.15, 0.2) is 54.3 Å². The molecule has 0 aromatic heterocycles. The number of aliphatic hydroxyl groups excluding tert-OH is 1. The zero-order valence-electron chi connectivity index (χ0n) is 19.3. The molecule has 0 saturated carbocycles. The number of ketones is 2. The van der Waals surface area contributed by atoms with Gasteiger partial charge in [-0.2, -0.15) is 0 Å². The van der Waals surface area contributed by atoms with Crippen molar-refractivity contribution in [3.05, 3.63) is 82.1 Å². The first-order chi connectivity index (χ1) is 14.8. The second kappa shape index (κ2) is 7.06. The summed E-state index contributed by atoms with van der Waals surface area (Å²) in [5.41, 5.74) is 1.40. The standard InChI is InChI=1S/C28H28O4/c1-27(2,3)20-13-17(14-21(25(20)31)28(4,5)6)22-23(29)18-11-15-9-7-8-10-16(15)12-19(18)24(30)26(22)32/h7-14,31-32H,1-6H3. The molecule has 0 bridgehead atoms. The third-order valence-electron chi connectivity index (χ3n) is 6.07. The van der Waals surface area contributed by atoms with Crippen molar-refractivity contribution in [3.8, 4) is 5.75 Å². The van der Waals surface area contributed by atoms with Crippen LogP contribution in [-0.2, 0) is 10.8 Å². The predicted octanol–water partition coefficient (Wildman–Crippen LogP) is 6.49. The van der Waals surface area contributed by atoms with Gasteiger partial charge in [0, 0.05) is 22.3 Å². The van der Waals surface area contributed by atoms with Gasteiger partial charge in [-0.1, -0.05) is 65.8 Å². The van der Waals surface area contributed by atoms with E-state index in [9.17, 15) is 19.8 Å². The van der Waals surface area contributed by atoms with E-state index < -0.39 is 28.2 Å². The smallest absolute Gasteiger partial charge is 0.228 e. The van der Waals surface area contributed by atoms with Crippen LogP contribution < -0.4 is 0 Å². The number of carbonyl (C=O) groups excluding carboxylic acids is 2. The zero-order valence-corrected chi connectivity index (χ0v) is 19.3. The molecule has 4 rings (SSSR count). The summed E-state index contributed by atoms with van der Waals surface area (Å²) in [5.74, 6) is -1.34. The van der Waals surface area contributed by atoms with Crippen LogP contribution in [0, 0.1) is 0 Å². The first-order valence-corrected chi connectivity index (χ1v) is 10.7. The molecule has 2 N–H and O–H groups in total. The molecule has 0 aliphatic heterocycles. The Bertz CT molecular complexity index is 1290. The quantitative estimate of drug-likeness (QED) is 0.465. The van der Waals surface area contributed by atoms with Crippen molar-refractivity contribution in [1.29, 1.82) is 0 Å². The van der Waals surface area contributed by atoms with Gasteiger partial charge in [-0.25, -0.2) is 0 Å². The summed E-state index contributed by atoms with van der Waals surface area (Å²) >= 11 is 0. The highest BCUT2D eigenvalue weighted by atomic mass is 16.3. The van der Waals surface area contributed by atoms with E-state index in [1.807, 2.05) is 65.8 Å². The number of phenolic OH excluding ortho intramolecular Hbond substituents is 1. The van der Waals surface area contributed by atoms with Crippen LogP contribution in [0.3, 0.4) is 0 Å². The number of Topliss-reactive ketones (excluding diaryl/α,β-unsaturated/α-hetero) is 2. The molecule has 3 aromatic rings. The maximum absolute atomic E-state index is 13.6. The van der Waals surface area contributed by atoms with Crippen LogP contribution in [0.2, 0.25) is 0 Å². The van der Waals surface area contributed by atoms with E-state index in [0.29, 0.717) is 16.7 Å². The molecule has 0 atom stereocenters. The Kier molecular flexibility index (Phi) is 4.81. The minimum Gasteiger partial charge on any atom is -0.507 e. The number of fused-ring (bicyclic) bond motifs is 2. The van der Waals surface area contributed by atoms with E-state index in [-0.39, 0.29) is 22.4 Å². The third kappa shape index (κ3) is 3.40. The second-order valence-corrected chi connectivity index (χ2v) is 10.5. The summed E-state index contributed by atoms with van der Waals surface area (Å²) in [6.45, 7) is 11.8. The fourth-order valence-corrected chi connectivity index (χ4v) is 4.29. The van der Waals surface area contributed by atoms with Gasteiger partial charge in [0.2, 0.25) is 5.78 Å². The van der Waals surface area contributed by atoms with Crippen LogP contribution >= 0.6 is 0 Å². The van der Waals surface area contributed by atoms with Crippen molar-refractivity contribution in [2.45, 2.75) is 52.4 Å². The minimum atomic E-state index is -0.567. The van der Waals surface area contributed by atoms with Crippen molar-refractivity contribution >= 4 is 27.9 Å². The molecular formula is C28H28O4. The SMILES string of the molecule is CC(C)(C)c1cc(C2=C(O)C(=O)c3cc4ccccc4cc3C2=O)cc(C(C)(C)C)c1O. The molecule has 32 heavy (non-hydrogen) atoms.